The Hall–Kier alpha value is 0.806. The van der Waals surface area contributed by atoms with Gasteiger partial charge in [0.15, 0.2) is 0 Å². The molecule has 0 aromatic heterocycles. The second-order valence-corrected chi connectivity index (χ2v) is 0.904. The van der Waals surface area contributed by atoms with Crippen LogP contribution in [0.3, 0.4) is 0 Å². The first-order valence-corrected chi connectivity index (χ1v) is 1.75. The number of carbonyl (C=O) groups excluding carboxylic acids is 1. The van der Waals surface area contributed by atoms with Crippen LogP contribution in [-0.2, 0) is 4.79 Å². The Morgan fingerprint density at radius 3 is 2.38 bits per heavy atom. The summed E-state index contributed by atoms with van der Waals surface area (Å²) in [7, 11) is 0. The topological polar surface area (TPSA) is 60.4 Å². The Morgan fingerprint density at radius 1 is 1.75 bits per heavy atom. The SMILES string of the molecule is O=C([O-])C=CCO.[K+]. The molecule has 0 fully saturated rings. The van der Waals surface area contributed by atoms with Gasteiger partial charge in [-0.1, -0.05) is 6.08 Å². The number of hydrogen-bond acceptors (Lipinski definition) is 3. The molecule has 0 bridgehead atoms. The predicted molar refractivity (Wildman–Crippen MR) is 21.2 cm³/mol. The summed E-state index contributed by atoms with van der Waals surface area (Å²) in [5.74, 6) is -1.28. The standard InChI is InChI=1S/C4H6O3.K/c5-3-1-2-4(6)7;/h1-2,5H,3H2,(H,6,7);/q;+1/p-1. The predicted octanol–water partition coefficient (Wildman–Crippen LogP) is -4.71. The third kappa shape index (κ3) is 9.93. The molecule has 0 heterocycles. The normalized spacial score (nSPS) is 8.62. The van der Waals surface area contributed by atoms with E-state index in [9.17, 15) is 9.90 Å². The molecule has 0 aromatic rings. The number of carbonyl (C=O) groups is 1. The quantitative estimate of drug-likeness (QED) is 0.310. The molecule has 0 saturated carbocycles. The summed E-state index contributed by atoms with van der Waals surface area (Å²) in [6.07, 6.45) is 1.87. The fourth-order valence-corrected chi connectivity index (χ4v) is 0.149. The van der Waals surface area contributed by atoms with E-state index in [-0.39, 0.29) is 58.0 Å². The van der Waals surface area contributed by atoms with Gasteiger partial charge < -0.3 is 15.0 Å². The summed E-state index contributed by atoms with van der Waals surface area (Å²) in [6.45, 7) is -0.256. The Bertz CT molecular complexity index is 89.3. The molecule has 0 aliphatic heterocycles. The zero-order chi connectivity index (χ0) is 5.70. The van der Waals surface area contributed by atoms with E-state index in [1.54, 1.807) is 0 Å². The van der Waals surface area contributed by atoms with Gasteiger partial charge >= 0.3 is 51.4 Å². The van der Waals surface area contributed by atoms with Crippen LogP contribution in [-0.4, -0.2) is 17.7 Å². The van der Waals surface area contributed by atoms with E-state index >= 15 is 0 Å². The number of aliphatic hydroxyl groups is 1. The van der Waals surface area contributed by atoms with Gasteiger partial charge in [-0.2, -0.15) is 0 Å². The van der Waals surface area contributed by atoms with Crippen LogP contribution in [0.5, 0.6) is 0 Å². The van der Waals surface area contributed by atoms with E-state index in [1.807, 2.05) is 0 Å². The Balaban J connectivity index is 0. The van der Waals surface area contributed by atoms with Crippen molar-refractivity contribution >= 4 is 5.97 Å². The number of aliphatic hydroxyl groups excluding tert-OH is 1. The van der Waals surface area contributed by atoms with Crippen molar-refractivity contribution in [1.82, 2.24) is 0 Å². The van der Waals surface area contributed by atoms with Crippen molar-refractivity contribution in [2.45, 2.75) is 0 Å². The molecule has 0 aliphatic rings. The molecule has 40 valence electrons. The third-order valence-corrected chi connectivity index (χ3v) is 0.359. The molecule has 0 atom stereocenters. The van der Waals surface area contributed by atoms with Crippen molar-refractivity contribution < 1.29 is 66.4 Å². The maximum atomic E-state index is 9.45. The van der Waals surface area contributed by atoms with Crippen molar-refractivity contribution in [3.05, 3.63) is 12.2 Å². The van der Waals surface area contributed by atoms with Crippen LogP contribution in [0.4, 0.5) is 0 Å². The molecule has 4 heteroatoms. The van der Waals surface area contributed by atoms with Crippen LogP contribution in [0.25, 0.3) is 0 Å². The minimum atomic E-state index is -1.28. The number of carboxylic acid groups (broad SMARTS) is 1. The molecule has 3 nitrogen and oxygen atoms in total. The molecule has 0 saturated heterocycles. The Kier molecular flexibility index (Phi) is 11.3. The summed E-state index contributed by atoms with van der Waals surface area (Å²) in [4.78, 5) is 9.45. The Morgan fingerprint density at radius 2 is 2.25 bits per heavy atom. The van der Waals surface area contributed by atoms with Crippen molar-refractivity contribution in [1.29, 1.82) is 0 Å². The van der Waals surface area contributed by atoms with Crippen LogP contribution in [0.2, 0.25) is 0 Å². The van der Waals surface area contributed by atoms with Crippen LogP contribution in [0.15, 0.2) is 12.2 Å². The van der Waals surface area contributed by atoms with Crippen molar-refractivity contribution in [2.24, 2.45) is 0 Å². The van der Waals surface area contributed by atoms with Crippen molar-refractivity contribution in [2.75, 3.05) is 6.61 Å². The molecule has 0 spiro atoms. The molecule has 1 N–H and O–H groups in total. The molecule has 0 amide bonds. The number of rotatable bonds is 2. The van der Waals surface area contributed by atoms with Crippen LogP contribution >= 0.6 is 0 Å². The second-order valence-electron chi connectivity index (χ2n) is 0.904. The van der Waals surface area contributed by atoms with Gasteiger partial charge in [-0.05, 0) is 6.08 Å². The molecule has 0 unspecified atom stereocenters. The second kappa shape index (κ2) is 7.81. The first kappa shape index (κ1) is 11.6. The number of hydrogen-bond donors (Lipinski definition) is 1. The fraction of sp³-hybridized carbons (Fsp3) is 0.250. The van der Waals surface area contributed by atoms with Gasteiger partial charge in [-0.25, -0.2) is 0 Å². The van der Waals surface area contributed by atoms with Gasteiger partial charge in [0.05, 0.1) is 12.6 Å². The molecule has 0 aliphatic carbocycles. The van der Waals surface area contributed by atoms with Crippen molar-refractivity contribution in [3.63, 3.8) is 0 Å². The fourth-order valence-electron chi connectivity index (χ4n) is 0.149. The molecule has 0 radical (unpaired) electrons. The summed E-state index contributed by atoms with van der Waals surface area (Å²) in [6, 6.07) is 0. The zero-order valence-corrected chi connectivity index (χ0v) is 7.75. The summed E-state index contributed by atoms with van der Waals surface area (Å²) in [5, 5.41) is 17.4. The van der Waals surface area contributed by atoms with Gasteiger partial charge in [0.1, 0.15) is 0 Å². The number of carboxylic acids is 1. The number of aliphatic carboxylic acids is 1. The molecule has 0 rings (SSSR count). The molecular weight excluding hydrogens is 135 g/mol. The van der Waals surface area contributed by atoms with E-state index < -0.39 is 5.97 Å². The van der Waals surface area contributed by atoms with Crippen LogP contribution in [0.1, 0.15) is 0 Å². The van der Waals surface area contributed by atoms with Gasteiger partial charge in [0.2, 0.25) is 0 Å². The summed E-state index contributed by atoms with van der Waals surface area (Å²) < 4.78 is 0. The van der Waals surface area contributed by atoms with Gasteiger partial charge in [-0.3, -0.25) is 0 Å². The average Bonchev–Trinajstić information content (AvgIpc) is 1.61. The van der Waals surface area contributed by atoms with Gasteiger partial charge in [-0.15, -0.1) is 0 Å². The summed E-state index contributed by atoms with van der Waals surface area (Å²) in [5.41, 5.74) is 0. The maximum Gasteiger partial charge on any atom is 1.00 e. The van der Waals surface area contributed by atoms with Crippen LogP contribution in [0, 0.1) is 0 Å². The van der Waals surface area contributed by atoms with Gasteiger partial charge in [0, 0.05) is 0 Å². The van der Waals surface area contributed by atoms with Crippen molar-refractivity contribution in [3.8, 4) is 0 Å². The Labute approximate surface area is 89.8 Å². The third-order valence-electron chi connectivity index (χ3n) is 0.359. The van der Waals surface area contributed by atoms with E-state index in [1.165, 1.54) is 0 Å². The minimum absolute atomic E-state index is 0. The van der Waals surface area contributed by atoms with E-state index in [0.29, 0.717) is 0 Å². The van der Waals surface area contributed by atoms with Gasteiger partial charge in [0.25, 0.3) is 0 Å². The van der Waals surface area contributed by atoms with Crippen LogP contribution < -0.4 is 56.5 Å². The summed E-state index contributed by atoms with van der Waals surface area (Å²) >= 11 is 0. The minimum Gasteiger partial charge on any atom is -0.545 e. The van der Waals surface area contributed by atoms with E-state index in [0.717, 1.165) is 12.2 Å². The zero-order valence-electron chi connectivity index (χ0n) is 4.63. The van der Waals surface area contributed by atoms with E-state index in [4.69, 9.17) is 5.11 Å². The smallest absolute Gasteiger partial charge is 0.545 e. The first-order chi connectivity index (χ1) is 3.27. The molecule has 8 heavy (non-hydrogen) atoms. The monoisotopic (exact) mass is 140 g/mol. The van der Waals surface area contributed by atoms with E-state index in [2.05, 4.69) is 0 Å². The molecule has 0 aromatic carbocycles. The first-order valence-electron chi connectivity index (χ1n) is 1.75. The molecular formula is C4H5KO3. The largest absolute Gasteiger partial charge is 1.00 e. The average molecular weight is 140 g/mol. The maximum absolute atomic E-state index is 9.45.